The Balaban J connectivity index is 2.98. The maximum Gasteiger partial charge on any atom is 0.343 e. The van der Waals surface area contributed by atoms with Crippen LogP contribution >= 0.6 is 0 Å². The van der Waals surface area contributed by atoms with Crippen molar-refractivity contribution in [1.29, 1.82) is 0 Å². The summed E-state index contributed by atoms with van der Waals surface area (Å²) < 4.78 is 0. The number of aliphatic carboxylic acids is 2. The molecule has 18 heavy (non-hydrogen) atoms. The number of anilines is 1. The van der Waals surface area contributed by atoms with Crippen LogP contribution in [0.3, 0.4) is 0 Å². The first-order valence-corrected chi connectivity index (χ1v) is 4.96. The zero-order valence-corrected chi connectivity index (χ0v) is 9.51. The summed E-state index contributed by atoms with van der Waals surface area (Å²) in [6.07, 6.45) is 1.04. The van der Waals surface area contributed by atoms with Crippen LogP contribution in [-0.4, -0.2) is 28.1 Å². The lowest BCUT2D eigenvalue weighted by atomic mass is 10.1. The van der Waals surface area contributed by atoms with Crippen LogP contribution in [0.25, 0.3) is 6.08 Å². The average molecular weight is 249 g/mol. The third kappa shape index (κ3) is 3.75. The smallest absolute Gasteiger partial charge is 0.343 e. The number of rotatable bonds is 4. The van der Waals surface area contributed by atoms with Crippen LogP contribution in [0.4, 0.5) is 5.69 Å². The summed E-state index contributed by atoms with van der Waals surface area (Å²) in [6.45, 7) is 1.36. The Morgan fingerprint density at radius 3 is 1.94 bits per heavy atom. The highest BCUT2D eigenvalue weighted by molar-refractivity contribution is 6.16. The standard InChI is InChI=1S/C12H11NO5/c1-7(14)13-9-4-2-8(3-5-9)6-10(11(15)16)12(17)18/h2-6H,1H3,(H,13,14)(H,15,16)(H,17,18). The van der Waals surface area contributed by atoms with Gasteiger partial charge in [-0.25, -0.2) is 9.59 Å². The molecule has 0 heterocycles. The van der Waals surface area contributed by atoms with Gasteiger partial charge in [0, 0.05) is 12.6 Å². The van der Waals surface area contributed by atoms with Gasteiger partial charge in [-0.3, -0.25) is 4.79 Å². The van der Waals surface area contributed by atoms with Crippen molar-refractivity contribution in [2.24, 2.45) is 0 Å². The Morgan fingerprint density at radius 1 is 1.06 bits per heavy atom. The summed E-state index contributed by atoms with van der Waals surface area (Å²) in [5.74, 6) is -3.24. The minimum Gasteiger partial charge on any atom is -0.477 e. The number of nitrogens with one attached hydrogen (secondary N) is 1. The van der Waals surface area contributed by atoms with E-state index < -0.39 is 17.5 Å². The molecule has 6 nitrogen and oxygen atoms in total. The van der Waals surface area contributed by atoms with Crippen LogP contribution in [-0.2, 0) is 14.4 Å². The fourth-order valence-electron chi connectivity index (χ4n) is 1.25. The van der Waals surface area contributed by atoms with Crippen molar-refractivity contribution in [2.45, 2.75) is 6.92 Å². The molecule has 6 heteroatoms. The van der Waals surface area contributed by atoms with Crippen LogP contribution in [0.1, 0.15) is 12.5 Å². The number of carbonyl (C=O) groups is 3. The highest BCUT2D eigenvalue weighted by atomic mass is 16.4. The summed E-state index contributed by atoms with van der Waals surface area (Å²) in [5.41, 5.74) is 0.248. The van der Waals surface area contributed by atoms with Crippen molar-refractivity contribution < 1.29 is 24.6 Å². The molecule has 0 fully saturated rings. The van der Waals surface area contributed by atoms with E-state index in [1.807, 2.05) is 0 Å². The highest BCUT2D eigenvalue weighted by Crippen LogP contribution is 2.13. The largest absolute Gasteiger partial charge is 0.477 e. The zero-order chi connectivity index (χ0) is 13.7. The van der Waals surface area contributed by atoms with Gasteiger partial charge in [0.05, 0.1) is 0 Å². The molecule has 1 amide bonds. The van der Waals surface area contributed by atoms with Crippen LogP contribution in [0.2, 0.25) is 0 Å². The van der Waals surface area contributed by atoms with E-state index in [0.717, 1.165) is 6.08 Å². The molecule has 0 aliphatic heterocycles. The Morgan fingerprint density at radius 2 is 1.56 bits per heavy atom. The number of carboxylic acid groups (broad SMARTS) is 2. The molecule has 3 N–H and O–H groups in total. The number of carboxylic acids is 2. The van der Waals surface area contributed by atoms with Gasteiger partial charge in [0.25, 0.3) is 0 Å². The van der Waals surface area contributed by atoms with E-state index in [1.165, 1.54) is 19.1 Å². The first kappa shape index (κ1) is 13.4. The molecule has 0 radical (unpaired) electrons. The van der Waals surface area contributed by atoms with Crippen LogP contribution in [0.15, 0.2) is 29.8 Å². The molecule has 0 spiro atoms. The molecule has 0 atom stereocenters. The lowest BCUT2D eigenvalue weighted by molar-refractivity contribution is -0.140. The topological polar surface area (TPSA) is 104 Å². The van der Waals surface area contributed by atoms with Crippen molar-refractivity contribution >= 4 is 29.6 Å². The lowest BCUT2D eigenvalue weighted by Gasteiger charge is -2.02. The van der Waals surface area contributed by atoms with Crippen LogP contribution in [0, 0.1) is 0 Å². The molecule has 0 aliphatic carbocycles. The molecule has 0 aliphatic rings. The fourth-order valence-corrected chi connectivity index (χ4v) is 1.25. The monoisotopic (exact) mass is 249 g/mol. The molecule has 0 bridgehead atoms. The predicted octanol–water partition coefficient (Wildman–Crippen LogP) is 1.20. The Bertz CT molecular complexity index is 500. The molecule has 1 rings (SSSR count). The minimum absolute atomic E-state index is 0.227. The summed E-state index contributed by atoms with van der Waals surface area (Å²) in [7, 11) is 0. The van der Waals surface area contributed by atoms with Crippen LogP contribution < -0.4 is 5.32 Å². The first-order valence-electron chi connectivity index (χ1n) is 4.96. The van der Waals surface area contributed by atoms with E-state index >= 15 is 0 Å². The van der Waals surface area contributed by atoms with Crippen molar-refractivity contribution in [3.63, 3.8) is 0 Å². The number of hydrogen-bond donors (Lipinski definition) is 3. The number of benzene rings is 1. The number of hydrogen-bond acceptors (Lipinski definition) is 3. The molecular formula is C12H11NO5. The van der Waals surface area contributed by atoms with Gasteiger partial charge in [-0.05, 0) is 23.8 Å². The highest BCUT2D eigenvalue weighted by Gasteiger charge is 2.15. The molecule has 0 aromatic heterocycles. The van der Waals surface area contributed by atoms with Gasteiger partial charge in [-0.15, -0.1) is 0 Å². The summed E-state index contributed by atoms with van der Waals surface area (Å²) in [5, 5.41) is 19.9. The van der Waals surface area contributed by atoms with Crippen molar-refractivity contribution in [2.75, 3.05) is 5.32 Å². The Kier molecular flexibility index (Phi) is 4.20. The summed E-state index contributed by atoms with van der Waals surface area (Å²) >= 11 is 0. The minimum atomic E-state index is -1.51. The van der Waals surface area contributed by atoms with Gasteiger partial charge in [0.2, 0.25) is 5.91 Å². The second-order valence-electron chi connectivity index (χ2n) is 3.47. The van der Waals surface area contributed by atoms with E-state index in [1.54, 1.807) is 12.1 Å². The van der Waals surface area contributed by atoms with E-state index in [0.29, 0.717) is 11.3 Å². The van der Waals surface area contributed by atoms with E-state index in [4.69, 9.17) is 10.2 Å². The van der Waals surface area contributed by atoms with E-state index in [-0.39, 0.29) is 5.91 Å². The molecule has 94 valence electrons. The van der Waals surface area contributed by atoms with E-state index in [2.05, 4.69) is 5.32 Å². The molecule has 1 aromatic carbocycles. The molecule has 0 saturated carbocycles. The molecule has 1 aromatic rings. The third-order valence-electron chi connectivity index (χ3n) is 2.00. The first-order chi connectivity index (χ1) is 8.40. The quantitative estimate of drug-likeness (QED) is 0.422. The van der Waals surface area contributed by atoms with Gasteiger partial charge in [-0.2, -0.15) is 0 Å². The fraction of sp³-hybridized carbons (Fsp3) is 0.0833. The van der Waals surface area contributed by atoms with E-state index in [9.17, 15) is 14.4 Å². The second-order valence-corrected chi connectivity index (χ2v) is 3.47. The van der Waals surface area contributed by atoms with Crippen LogP contribution in [0.5, 0.6) is 0 Å². The van der Waals surface area contributed by atoms with Crippen molar-refractivity contribution in [1.82, 2.24) is 0 Å². The average Bonchev–Trinajstić information content (AvgIpc) is 2.26. The zero-order valence-electron chi connectivity index (χ0n) is 9.51. The maximum atomic E-state index is 10.8. The normalized spacial score (nSPS) is 9.39. The number of amides is 1. The maximum absolute atomic E-state index is 10.8. The summed E-state index contributed by atoms with van der Waals surface area (Å²) in [4.78, 5) is 32.1. The Labute approximate surface area is 103 Å². The Hall–Kier alpha value is -2.63. The van der Waals surface area contributed by atoms with Gasteiger partial charge in [-0.1, -0.05) is 12.1 Å². The van der Waals surface area contributed by atoms with Gasteiger partial charge in [0.1, 0.15) is 5.57 Å². The second kappa shape index (κ2) is 5.62. The lowest BCUT2D eigenvalue weighted by Crippen LogP contribution is -2.10. The molecule has 0 saturated heterocycles. The van der Waals surface area contributed by atoms with Crippen molar-refractivity contribution in [3.8, 4) is 0 Å². The van der Waals surface area contributed by atoms with Gasteiger partial charge < -0.3 is 15.5 Å². The van der Waals surface area contributed by atoms with Crippen molar-refractivity contribution in [3.05, 3.63) is 35.4 Å². The number of carbonyl (C=O) groups excluding carboxylic acids is 1. The van der Waals surface area contributed by atoms with Gasteiger partial charge in [0.15, 0.2) is 0 Å². The third-order valence-corrected chi connectivity index (χ3v) is 2.00. The van der Waals surface area contributed by atoms with Gasteiger partial charge >= 0.3 is 11.9 Å². The predicted molar refractivity (Wildman–Crippen MR) is 64.0 cm³/mol. The molecular weight excluding hydrogens is 238 g/mol. The molecule has 0 unspecified atom stereocenters. The summed E-state index contributed by atoms with van der Waals surface area (Å²) in [6, 6.07) is 6.12. The SMILES string of the molecule is CC(=O)Nc1ccc(C=C(C(=O)O)C(=O)O)cc1.